The zero-order valence-electron chi connectivity index (χ0n) is 14.0. The highest BCUT2D eigenvalue weighted by molar-refractivity contribution is 6.04. The van der Waals surface area contributed by atoms with Crippen molar-refractivity contribution in [2.24, 2.45) is 0 Å². The van der Waals surface area contributed by atoms with Crippen molar-refractivity contribution in [1.29, 1.82) is 0 Å². The van der Waals surface area contributed by atoms with E-state index in [0.29, 0.717) is 22.9 Å². The van der Waals surface area contributed by atoms with Crippen molar-refractivity contribution >= 4 is 28.7 Å². The molecule has 0 fully saturated rings. The van der Waals surface area contributed by atoms with E-state index < -0.39 is 0 Å². The first kappa shape index (κ1) is 15.4. The molecule has 0 bridgehead atoms. The maximum absolute atomic E-state index is 12.4. The van der Waals surface area contributed by atoms with E-state index in [1.165, 1.54) is 0 Å². The van der Waals surface area contributed by atoms with Crippen molar-refractivity contribution in [2.75, 3.05) is 5.32 Å². The molecule has 0 saturated heterocycles. The number of rotatable bonds is 2. The molecule has 1 aliphatic rings. The van der Waals surface area contributed by atoms with Gasteiger partial charge in [-0.3, -0.25) is 9.59 Å². The molecule has 0 aromatic carbocycles. The Morgan fingerprint density at radius 1 is 1.32 bits per heavy atom. The zero-order chi connectivity index (χ0) is 17.7. The van der Waals surface area contributed by atoms with E-state index in [2.05, 4.69) is 20.8 Å². The topological polar surface area (TPSA) is 102 Å². The molecule has 128 valence electrons. The molecule has 2 atom stereocenters. The van der Waals surface area contributed by atoms with Crippen LogP contribution in [-0.4, -0.2) is 32.6 Å². The van der Waals surface area contributed by atoms with Gasteiger partial charge in [0, 0.05) is 17.5 Å². The van der Waals surface area contributed by atoms with E-state index in [1.54, 1.807) is 31.2 Å². The van der Waals surface area contributed by atoms with Crippen LogP contribution in [0.15, 0.2) is 28.8 Å². The van der Waals surface area contributed by atoms with E-state index in [0.717, 1.165) is 5.39 Å². The predicted molar refractivity (Wildman–Crippen MR) is 90.6 cm³/mol. The Morgan fingerprint density at radius 3 is 2.84 bits per heavy atom. The number of hydrogen-bond acceptors (Lipinski definition) is 5. The molecule has 0 aliphatic carbocycles. The molecule has 0 saturated carbocycles. The molecule has 1 unspecified atom stereocenters. The lowest BCUT2D eigenvalue weighted by molar-refractivity contribution is 0.0891. The smallest absolute Gasteiger partial charge is 0.275 e. The Kier molecular flexibility index (Phi) is 3.34. The van der Waals surface area contributed by atoms with Crippen LogP contribution in [0.25, 0.3) is 11.0 Å². The second kappa shape index (κ2) is 5.44. The molecule has 25 heavy (non-hydrogen) atoms. The molecule has 1 aliphatic heterocycles. The highest BCUT2D eigenvalue weighted by atomic mass is 16.5. The van der Waals surface area contributed by atoms with Gasteiger partial charge in [0.2, 0.25) is 0 Å². The molecular formula is C17H17N5O3. The minimum atomic E-state index is -0.383. The summed E-state index contributed by atoms with van der Waals surface area (Å²) < 4.78 is 6.82. The largest absolute Gasteiger partial charge is 0.360 e. The van der Waals surface area contributed by atoms with Gasteiger partial charge in [-0.1, -0.05) is 5.16 Å². The quantitative estimate of drug-likeness (QED) is 0.746. The summed E-state index contributed by atoms with van der Waals surface area (Å²) in [7, 11) is 0. The minimum absolute atomic E-state index is 0.0204. The van der Waals surface area contributed by atoms with Gasteiger partial charge in [0.25, 0.3) is 11.8 Å². The van der Waals surface area contributed by atoms with Crippen LogP contribution >= 0.6 is 0 Å². The summed E-state index contributed by atoms with van der Waals surface area (Å²) in [5.74, 6) is 0.426. The molecular weight excluding hydrogens is 322 g/mol. The first-order valence-corrected chi connectivity index (χ1v) is 8.01. The number of nitrogens with one attached hydrogen (secondary N) is 2. The average molecular weight is 339 g/mol. The van der Waals surface area contributed by atoms with Crippen molar-refractivity contribution in [1.82, 2.24) is 20.0 Å². The molecule has 3 aromatic rings. The molecule has 2 amide bonds. The first-order chi connectivity index (χ1) is 11.9. The van der Waals surface area contributed by atoms with Crippen LogP contribution in [0.3, 0.4) is 0 Å². The maximum atomic E-state index is 12.4. The summed E-state index contributed by atoms with van der Waals surface area (Å²) in [4.78, 5) is 29.1. The van der Waals surface area contributed by atoms with Gasteiger partial charge in [0.15, 0.2) is 5.82 Å². The van der Waals surface area contributed by atoms with E-state index in [1.807, 2.05) is 18.4 Å². The van der Waals surface area contributed by atoms with Crippen LogP contribution in [0.5, 0.6) is 0 Å². The van der Waals surface area contributed by atoms with Crippen LogP contribution < -0.4 is 10.6 Å². The molecule has 0 spiro atoms. The van der Waals surface area contributed by atoms with Crippen molar-refractivity contribution in [3.8, 4) is 0 Å². The lowest BCUT2D eigenvalue weighted by Gasteiger charge is -2.29. The number of carbonyl (C=O) groups excluding carboxylic acids is 2. The summed E-state index contributed by atoms with van der Waals surface area (Å²) in [6, 6.07) is 6.86. The zero-order valence-corrected chi connectivity index (χ0v) is 14.0. The molecule has 4 rings (SSSR count). The second-order valence-corrected chi connectivity index (χ2v) is 6.29. The highest BCUT2D eigenvalue weighted by Gasteiger charge is 2.30. The van der Waals surface area contributed by atoms with Crippen LogP contribution in [0.2, 0.25) is 0 Å². The third-order valence-electron chi connectivity index (χ3n) is 4.51. The van der Waals surface area contributed by atoms with Crippen molar-refractivity contribution < 1.29 is 14.1 Å². The number of aryl methyl sites for hydroxylation is 1. The average Bonchev–Trinajstić information content (AvgIpc) is 3.15. The summed E-state index contributed by atoms with van der Waals surface area (Å²) in [6.07, 6.45) is 0. The number of nitrogens with zero attached hydrogens (tertiary/aromatic N) is 3. The van der Waals surface area contributed by atoms with Gasteiger partial charge in [0.1, 0.15) is 22.8 Å². The molecule has 4 heterocycles. The molecule has 8 nitrogen and oxygen atoms in total. The molecule has 0 radical (unpaired) electrons. The molecule has 3 aromatic heterocycles. The Labute approximate surface area is 143 Å². The number of anilines is 1. The third kappa shape index (κ3) is 2.46. The first-order valence-electron chi connectivity index (χ1n) is 8.01. The standard InChI is InChI=1S/C17H17N5O3/c1-8-6-14(21-25-8)20-16(23)12-5-4-11-7-13-17(24)18-9(2)10(3)22(13)15(11)19-12/h4-7,9-10H,1-3H3,(H,18,24)(H,20,21,23)/t9-,10?/m0/s1. The number of hydrogen-bond donors (Lipinski definition) is 2. The Hall–Kier alpha value is -3.16. The van der Waals surface area contributed by atoms with Gasteiger partial charge >= 0.3 is 0 Å². The summed E-state index contributed by atoms with van der Waals surface area (Å²) in [5, 5.41) is 10.1. The summed E-state index contributed by atoms with van der Waals surface area (Å²) in [6.45, 7) is 5.70. The van der Waals surface area contributed by atoms with Crippen LogP contribution in [0.4, 0.5) is 5.82 Å². The molecule has 2 N–H and O–H groups in total. The van der Waals surface area contributed by atoms with Crippen LogP contribution in [0, 0.1) is 6.92 Å². The Morgan fingerprint density at radius 2 is 2.12 bits per heavy atom. The lowest BCUT2D eigenvalue weighted by Crippen LogP contribution is -2.44. The highest BCUT2D eigenvalue weighted by Crippen LogP contribution is 2.28. The Balaban J connectivity index is 1.75. The number of pyridine rings is 1. The van der Waals surface area contributed by atoms with Gasteiger partial charge in [-0.2, -0.15) is 0 Å². The number of amides is 2. The lowest BCUT2D eigenvalue weighted by atomic mass is 10.1. The SMILES string of the molecule is Cc1cc(NC(=O)c2ccc3cc4n(c3n2)C(C)[C@H](C)NC4=O)no1. The third-order valence-corrected chi connectivity index (χ3v) is 4.51. The van der Waals surface area contributed by atoms with Gasteiger partial charge in [-0.05, 0) is 39.0 Å². The van der Waals surface area contributed by atoms with Gasteiger partial charge < -0.3 is 19.7 Å². The summed E-state index contributed by atoms with van der Waals surface area (Å²) >= 11 is 0. The van der Waals surface area contributed by atoms with Crippen molar-refractivity contribution in [3.63, 3.8) is 0 Å². The fourth-order valence-electron chi connectivity index (χ4n) is 3.04. The van der Waals surface area contributed by atoms with Gasteiger partial charge in [-0.15, -0.1) is 0 Å². The van der Waals surface area contributed by atoms with E-state index in [4.69, 9.17) is 4.52 Å². The summed E-state index contributed by atoms with van der Waals surface area (Å²) in [5.41, 5.74) is 1.42. The second-order valence-electron chi connectivity index (χ2n) is 6.29. The number of fused-ring (bicyclic) bond motifs is 3. The Bertz CT molecular complexity index is 1000. The maximum Gasteiger partial charge on any atom is 0.275 e. The predicted octanol–water partition coefficient (Wildman–Crippen LogP) is 2.28. The molecule has 8 heteroatoms. The van der Waals surface area contributed by atoms with Crippen molar-refractivity contribution in [3.05, 3.63) is 41.4 Å². The minimum Gasteiger partial charge on any atom is -0.360 e. The number of aromatic nitrogens is 3. The fraction of sp³-hybridized carbons (Fsp3) is 0.294. The van der Waals surface area contributed by atoms with Crippen LogP contribution in [0.1, 0.15) is 46.6 Å². The van der Waals surface area contributed by atoms with Crippen LogP contribution in [-0.2, 0) is 0 Å². The van der Waals surface area contributed by atoms with E-state index in [-0.39, 0.29) is 29.6 Å². The monoisotopic (exact) mass is 339 g/mol. The van der Waals surface area contributed by atoms with E-state index in [9.17, 15) is 9.59 Å². The van der Waals surface area contributed by atoms with E-state index >= 15 is 0 Å². The number of carbonyl (C=O) groups is 2. The van der Waals surface area contributed by atoms with Gasteiger partial charge in [-0.25, -0.2) is 4.98 Å². The van der Waals surface area contributed by atoms with Crippen molar-refractivity contribution in [2.45, 2.75) is 32.9 Å². The fourth-order valence-corrected chi connectivity index (χ4v) is 3.04. The normalized spacial score (nSPS) is 19.6. The van der Waals surface area contributed by atoms with Gasteiger partial charge in [0.05, 0.1) is 6.04 Å².